The second kappa shape index (κ2) is 9.60. The van der Waals surface area contributed by atoms with Crippen LogP contribution in [0.2, 0.25) is 0 Å². The molecule has 1 amide bonds. The summed E-state index contributed by atoms with van der Waals surface area (Å²) < 4.78 is 6.45. The molecule has 0 aliphatic carbocycles. The summed E-state index contributed by atoms with van der Waals surface area (Å²) >= 11 is 4.28. The molecule has 2 aromatic heterocycles. The number of thiazole rings is 1. The Bertz CT molecular complexity index is 947. The predicted octanol–water partition coefficient (Wildman–Crippen LogP) is 4.59. The molecule has 0 bridgehead atoms. The second-order valence-corrected chi connectivity index (χ2v) is 8.62. The van der Waals surface area contributed by atoms with Crippen molar-refractivity contribution >= 4 is 45.9 Å². The Morgan fingerprint density at radius 3 is 2.93 bits per heavy atom. The van der Waals surface area contributed by atoms with E-state index in [0.29, 0.717) is 28.3 Å². The molecule has 0 aliphatic rings. The highest BCUT2D eigenvalue weighted by molar-refractivity contribution is 8.01. The normalized spacial score (nSPS) is 10.5. The zero-order valence-corrected chi connectivity index (χ0v) is 16.9. The van der Waals surface area contributed by atoms with Crippen LogP contribution < -0.4 is 5.32 Å². The molecule has 0 saturated heterocycles. The molecule has 0 spiro atoms. The molecule has 138 valence electrons. The molecule has 9 heteroatoms. The topological polar surface area (TPSA) is 91.8 Å². The van der Waals surface area contributed by atoms with Crippen molar-refractivity contribution in [2.45, 2.75) is 16.9 Å². The lowest BCUT2D eigenvalue weighted by molar-refractivity contribution is -0.113. The quantitative estimate of drug-likeness (QED) is 0.537. The Balaban J connectivity index is 1.46. The van der Waals surface area contributed by atoms with Gasteiger partial charge >= 0.3 is 0 Å². The number of aryl methyl sites for hydroxylation is 1. The third-order valence-corrected chi connectivity index (χ3v) is 6.59. The van der Waals surface area contributed by atoms with Crippen molar-refractivity contribution in [3.63, 3.8) is 0 Å². The number of carbonyl (C=O) groups is 1. The number of amides is 1. The molecular weight excluding hydrogens is 400 g/mol. The lowest BCUT2D eigenvalue weighted by Crippen LogP contribution is -2.14. The average molecular weight is 417 g/mol. The van der Waals surface area contributed by atoms with Crippen molar-refractivity contribution in [2.24, 2.45) is 0 Å². The molecule has 1 aromatic carbocycles. The Hall–Kier alpha value is -2.28. The van der Waals surface area contributed by atoms with Crippen LogP contribution in [-0.4, -0.2) is 27.4 Å². The monoisotopic (exact) mass is 416 g/mol. The number of thioether (sulfide) groups is 2. The Morgan fingerprint density at radius 1 is 1.33 bits per heavy atom. The Morgan fingerprint density at radius 2 is 2.15 bits per heavy atom. The van der Waals surface area contributed by atoms with Crippen LogP contribution in [0.25, 0.3) is 11.5 Å². The third-order valence-electron chi connectivity index (χ3n) is 3.32. The summed E-state index contributed by atoms with van der Waals surface area (Å²) in [4.78, 5) is 20.9. The van der Waals surface area contributed by atoms with Gasteiger partial charge in [-0.1, -0.05) is 41.3 Å². The van der Waals surface area contributed by atoms with Crippen LogP contribution in [0.1, 0.15) is 11.4 Å². The molecule has 0 unspecified atom stereocenters. The average Bonchev–Trinajstić information content (AvgIpc) is 3.27. The fourth-order valence-electron chi connectivity index (χ4n) is 2.16. The van der Waals surface area contributed by atoms with E-state index in [1.54, 1.807) is 6.26 Å². The zero-order chi connectivity index (χ0) is 19.1. The number of anilines is 1. The first-order chi connectivity index (χ1) is 13.2. The molecule has 2 heterocycles. The molecule has 0 fully saturated rings. The van der Waals surface area contributed by atoms with Crippen molar-refractivity contribution in [1.82, 2.24) is 9.97 Å². The van der Waals surface area contributed by atoms with E-state index < -0.39 is 0 Å². The van der Waals surface area contributed by atoms with Gasteiger partial charge in [-0.2, -0.15) is 5.26 Å². The van der Waals surface area contributed by atoms with E-state index in [9.17, 15) is 4.79 Å². The van der Waals surface area contributed by atoms with Crippen LogP contribution in [-0.2, 0) is 10.5 Å². The van der Waals surface area contributed by atoms with Crippen LogP contribution in [0.15, 0.2) is 45.2 Å². The predicted molar refractivity (Wildman–Crippen MR) is 110 cm³/mol. The zero-order valence-electron chi connectivity index (χ0n) is 14.5. The molecule has 0 atom stereocenters. The van der Waals surface area contributed by atoms with Crippen LogP contribution in [0.5, 0.6) is 0 Å². The van der Waals surface area contributed by atoms with E-state index in [0.717, 1.165) is 21.2 Å². The fourth-order valence-corrected chi connectivity index (χ4v) is 4.68. The van der Waals surface area contributed by atoms with E-state index in [1.165, 1.54) is 34.9 Å². The second-order valence-electron chi connectivity index (χ2n) is 5.39. The molecule has 6 nitrogen and oxygen atoms in total. The van der Waals surface area contributed by atoms with Gasteiger partial charge in [-0.25, -0.2) is 9.97 Å². The highest BCUT2D eigenvalue weighted by Gasteiger charge is 2.12. The van der Waals surface area contributed by atoms with Gasteiger partial charge in [0.15, 0.2) is 5.13 Å². The van der Waals surface area contributed by atoms with Gasteiger partial charge in [0.05, 0.1) is 33.2 Å². The number of benzene rings is 1. The highest BCUT2D eigenvalue weighted by atomic mass is 32.2. The van der Waals surface area contributed by atoms with Gasteiger partial charge in [-0.3, -0.25) is 4.79 Å². The fraction of sp³-hybridized carbons (Fsp3) is 0.222. The number of hydrogen-bond acceptors (Lipinski definition) is 8. The van der Waals surface area contributed by atoms with Crippen molar-refractivity contribution in [1.29, 1.82) is 5.26 Å². The summed E-state index contributed by atoms with van der Waals surface area (Å²) in [5.74, 6) is 1.72. The minimum atomic E-state index is -0.114. The number of nitrogens with zero attached hydrogens (tertiary/aromatic N) is 3. The molecule has 0 aliphatic heterocycles. The summed E-state index contributed by atoms with van der Waals surface area (Å²) in [5.41, 5.74) is 2.56. The molecule has 3 aromatic rings. The molecule has 27 heavy (non-hydrogen) atoms. The molecule has 0 radical (unpaired) electrons. The number of nitrogens with one attached hydrogen (secondary N) is 1. The van der Waals surface area contributed by atoms with Crippen LogP contribution >= 0.6 is 34.9 Å². The maximum atomic E-state index is 12.1. The van der Waals surface area contributed by atoms with E-state index in [4.69, 9.17) is 9.68 Å². The molecular formula is C18H16N4O2S3. The van der Waals surface area contributed by atoms with Gasteiger partial charge in [-0.05, 0) is 19.1 Å². The van der Waals surface area contributed by atoms with Crippen molar-refractivity contribution < 1.29 is 9.21 Å². The first kappa shape index (κ1) is 19.5. The summed E-state index contributed by atoms with van der Waals surface area (Å²) in [6, 6.07) is 11.8. The number of hydrogen-bond donors (Lipinski definition) is 1. The van der Waals surface area contributed by atoms with Crippen LogP contribution in [0, 0.1) is 18.3 Å². The maximum Gasteiger partial charge on any atom is 0.236 e. The Labute approximate surface area is 169 Å². The largest absolute Gasteiger partial charge is 0.444 e. The van der Waals surface area contributed by atoms with Gasteiger partial charge in [0.2, 0.25) is 11.8 Å². The lowest BCUT2D eigenvalue weighted by Gasteiger charge is -2.00. The van der Waals surface area contributed by atoms with E-state index in [2.05, 4.69) is 21.4 Å². The summed E-state index contributed by atoms with van der Waals surface area (Å²) in [5, 5.41) is 12.0. The number of carbonyl (C=O) groups excluding carboxylic acids is 1. The van der Waals surface area contributed by atoms with Crippen molar-refractivity contribution in [3.8, 4) is 17.5 Å². The van der Waals surface area contributed by atoms with Gasteiger partial charge in [0, 0.05) is 11.3 Å². The summed E-state index contributed by atoms with van der Waals surface area (Å²) in [6.07, 6.45) is 1.62. The SMILES string of the molecule is Cc1nc(NC(=O)CSCc2coc(-c3ccccc3)n2)sc1SCC#N. The van der Waals surface area contributed by atoms with Crippen LogP contribution in [0.3, 0.4) is 0 Å². The van der Waals surface area contributed by atoms with Gasteiger partial charge in [0.25, 0.3) is 0 Å². The number of rotatable bonds is 8. The van der Waals surface area contributed by atoms with Crippen LogP contribution in [0.4, 0.5) is 5.13 Å². The van der Waals surface area contributed by atoms with E-state index >= 15 is 0 Å². The van der Waals surface area contributed by atoms with E-state index in [-0.39, 0.29) is 5.91 Å². The van der Waals surface area contributed by atoms with Gasteiger partial charge < -0.3 is 9.73 Å². The number of oxazole rings is 1. The standard InChI is InChI=1S/C18H16N4O2S3/c1-12-17(26-8-7-19)27-18(20-12)22-15(23)11-25-10-14-9-24-16(21-14)13-5-3-2-4-6-13/h2-6,9H,8,10-11H2,1H3,(H,20,22,23). The lowest BCUT2D eigenvalue weighted by atomic mass is 10.2. The molecule has 1 N–H and O–H groups in total. The molecule has 0 saturated carbocycles. The number of aromatic nitrogens is 2. The van der Waals surface area contributed by atoms with Gasteiger partial charge in [-0.15, -0.1) is 11.8 Å². The first-order valence-corrected chi connectivity index (χ1v) is 11.0. The third kappa shape index (κ3) is 5.60. The van der Waals surface area contributed by atoms with Crippen molar-refractivity contribution in [2.75, 3.05) is 16.8 Å². The molecule has 3 rings (SSSR count). The van der Waals surface area contributed by atoms with E-state index in [1.807, 2.05) is 37.3 Å². The summed E-state index contributed by atoms with van der Waals surface area (Å²) in [6.45, 7) is 1.87. The first-order valence-electron chi connectivity index (χ1n) is 8.00. The highest BCUT2D eigenvalue weighted by Crippen LogP contribution is 2.31. The maximum absolute atomic E-state index is 12.1. The van der Waals surface area contributed by atoms with Crippen molar-refractivity contribution in [3.05, 3.63) is 48.0 Å². The Kier molecular flexibility index (Phi) is 6.92. The minimum absolute atomic E-state index is 0.114. The summed E-state index contributed by atoms with van der Waals surface area (Å²) in [7, 11) is 0. The smallest absolute Gasteiger partial charge is 0.236 e. The van der Waals surface area contributed by atoms with Gasteiger partial charge in [0.1, 0.15) is 6.26 Å². The number of nitriles is 1. The minimum Gasteiger partial charge on any atom is -0.444 e.